The molecule has 2 aromatic rings. The topological polar surface area (TPSA) is 112 Å². The first kappa shape index (κ1) is 20.2. The van der Waals surface area contributed by atoms with Gasteiger partial charge in [0.25, 0.3) is 0 Å². The Kier molecular flexibility index (Phi) is 5.13. The Hall–Kier alpha value is -3.68. The molecule has 1 saturated carbocycles. The maximum absolute atomic E-state index is 13.4. The average Bonchev–Trinajstić information content (AvgIpc) is 3.09. The summed E-state index contributed by atoms with van der Waals surface area (Å²) in [5.74, 6) is -1.18. The molecule has 3 N–H and O–H groups in total. The van der Waals surface area contributed by atoms with Gasteiger partial charge in [-0.3, -0.25) is 19.8 Å². The minimum Gasteiger partial charge on any atom is -0.504 e. The van der Waals surface area contributed by atoms with Crippen LogP contribution in [-0.2, 0) is 16.0 Å². The van der Waals surface area contributed by atoms with E-state index in [9.17, 15) is 19.5 Å². The Balaban J connectivity index is 1.41. The van der Waals surface area contributed by atoms with Crippen molar-refractivity contribution in [2.24, 2.45) is 23.7 Å². The number of hydrogen-bond donors (Lipinski definition) is 3. The molecular weight excluding hydrogens is 408 g/mol. The number of likely N-dealkylation sites (tertiary alicyclic amines) is 1. The molecule has 4 aliphatic rings. The third kappa shape index (κ3) is 3.51. The molecule has 5 atom stereocenters. The van der Waals surface area contributed by atoms with E-state index in [0.29, 0.717) is 0 Å². The van der Waals surface area contributed by atoms with Gasteiger partial charge in [-0.25, -0.2) is 9.78 Å². The van der Waals surface area contributed by atoms with Crippen molar-refractivity contribution in [1.82, 2.24) is 15.2 Å². The van der Waals surface area contributed by atoms with Gasteiger partial charge in [0.1, 0.15) is 6.17 Å². The van der Waals surface area contributed by atoms with Crippen LogP contribution in [0.2, 0.25) is 0 Å². The SMILES string of the molecule is O=C(Nc1ncccc1O)NC(Cc1ccccc1)N1C(=O)C2C3C=CC(CC3)C2C1=O. The van der Waals surface area contributed by atoms with E-state index >= 15 is 0 Å². The summed E-state index contributed by atoms with van der Waals surface area (Å²) in [6.07, 6.45) is 6.82. The number of pyridine rings is 1. The van der Waals surface area contributed by atoms with Crippen LogP contribution in [0.15, 0.2) is 60.8 Å². The molecular formula is C24H24N4O4. The fraction of sp³-hybridized carbons (Fsp3) is 0.333. The molecule has 1 saturated heterocycles. The summed E-state index contributed by atoms with van der Waals surface area (Å²) in [7, 11) is 0. The normalized spacial score (nSPS) is 26.7. The number of fused-ring (bicyclic) bond motifs is 1. The largest absolute Gasteiger partial charge is 0.504 e. The summed E-state index contributed by atoms with van der Waals surface area (Å²) in [6.45, 7) is 0. The number of benzene rings is 1. The summed E-state index contributed by atoms with van der Waals surface area (Å²) in [4.78, 5) is 44.8. The van der Waals surface area contributed by atoms with Gasteiger partial charge in [-0.15, -0.1) is 0 Å². The number of urea groups is 1. The van der Waals surface area contributed by atoms with Crippen LogP contribution in [0.3, 0.4) is 0 Å². The van der Waals surface area contributed by atoms with Crippen LogP contribution < -0.4 is 10.6 Å². The van der Waals surface area contributed by atoms with Crippen LogP contribution in [0.4, 0.5) is 10.6 Å². The Labute approximate surface area is 185 Å². The molecule has 1 aliphatic heterocycles. The Morgan fingerprint density at radius 2 is 1.69 bits per heavy atom. The number of amides is 4. The quantitative estimate of drug-likeness (QED) is 0.497. The average molecular weight is 432 g/mol. The van der Waals surface area contributed by atoms with Gasteiger partial charge < -0.3 is 10.4 Å². The predicted molar refractivity (Wildman–Crippen MR) is 116 cm³/mol. The lowest BCUT2D eigenvalue weighted by atomic mass is 9.63. The Morgan fingerprint density at radius 1 is 1.03 bits per heavy atom. The second-order valence-corrected chi connectivity index (χ2v) is 8.56. The third-order valence-corrected chi connectivity index (χ3v) is 6.69. The highest BCUT2D eigenvalue weighted by atomic mass is 16.3. The molecule has 1 aromatic heterocycles. The number of aromatic hydroxyl groups is 1. The van der Waals surface area contributed by atoms with Crippen molar-refractivity contribution in [3.63, 3.8) is 0 Å². The Bertz CT molecular complexity index is 1050. The number of hydrogen-bond acceptors (Lipinski definition) is 5. The lowest BCUT2D eigenvalue weighted by molar-refractivity contribution is -0.143. The minimum absolute atomic E-state index is 0.00144. The van der Waals surface area contributed by atoms with Gasteiger partial charge >= 0.3 is 6.03 Å². The summed E-state index contributed by atoms with van der Waals surface area (Å²) in [6, 6.07) is 11.7. The first-order valence-electron chi connectivity index (χ1n) is 10.8. The lowest BCUT2D eigenvalue weighted by Crippen LogP contribution is -2.53. The molecule has 1 aromatic carbocycles. The summed E-state index contributed by atoms with van der Waals surface area (Å²) in [5, 5.41) is 15.2. The second kappa shape index (κ2) is 8.11. The van der Waals surface area contributed by atoms with E-state index in [-0.39, 0.29) is 53.5 Å². The van der Waals surface area contributed by atoms with Gasteiger partial charge in [-0.05, 0) is 42.4 Å². The number of allylic oxidation sites excluding steroid dienone is 2. The molecule has 4 amide bonds. The minimum atomic E-state index is -0.853. The number of carbonyl (C=O) groups excluding carboxylic acids is 3. The lowest BCUT2D eigenvalue weighted by Gasteiger charge is -2.38. The molecule has 164 valence electrons. The fourth-order valence-electron chi connectivity index (χ4n) is 5.24. The fourth-order valence-corrected chi connectivity index (χ4v) is 5.24. The summed E-state index contributed by atoms with van der Waals surface area (Å²) in [5.41, 5.74) is 0.884. The molecule has 0 spiro atoms. The van der Waals surface area contributed by atoms with E-state index in [1.54, 1.807) is 6.07 Å². The van der Waals surface area contributed by atoms with Crippen molar-refractivity contribution >= 4 is 23.7 Å². The number of imide groups is 1. The number of rotatable bonds is 5. The molecule has 8 heteroatoms. The van der Waals surface area contributed by atoms with Crippen molar-refractivity contribution in [3.05, 3.63) is 66.4 Å². The number of carbonyl (C=O) groups is 3. The number of nitrogens with one attached hydrogen (secondary N) is 2. The van der Waals surface area contributed by atoms with E-state index in [0.717, 1.165) is 18.4 Å². The monoisotopic (exact) mass is 432 g/mol. The van der Waals surface area contributed by atoms with Gasteiger partial charge in [0.05, 0.1) is 11.8 Å². The van der Waals surface area contributed by atoms with Crippen molar-refractivity contribution in [1.29, 1.82) is 0 Å². The standard InChI is InChI=1S/C24H24N4O4/c29-17-7-4-12-25-21(17)27-24(32)26-18(13-14-5-2-1-3-6-14)28-22(30)19-15-8-9-16(11-10-15)20(19)23(28)31/h1-9,12,15-16,18-20,29H,10-11,13H2,(H2,25,26,27,32). The first-order valence-corrected chi connectivity index (χ1v) is 10.8. The summed E-state index contributed by atoms with van der Waals surface area (Å²) >= 11 is 0. The molecule has 3 aliphatic carbocycles. The van der Waals surface area contributed by atoms with Gasteiger partial charge in [-0.1, -0.05) is 42.5 Å². The van der Waals surface area contributed by atoms with Crippen molar-refractivity contribution in [2.75, 3.05) is 5.32 Å². The van der Waals surface area contributed by atoms with E-state index < -0.39 is 12.2 Å². The van der Waals surface area contributed by atoms with Gasteiger partial charge in [0, 0.05) is 12.6 Å². The maximum atomic E-state index is 13.4. The molecule has 0 radical (unpaired) electrons. The maximum Gasteiger partial charge on any atom is 0.322 e. The predicted octanol–water partition coefficient (Wildman–Crippen LogP) is 2.67. The van der Waals surface area contributed by atoms with Crippen LogP contribution in [0.25, 0.3) is 0 Å². The van der Waals surface area contributed by atoms with Crippen molar-refractivity contribution in [2.45, 2.75) is 25.4 Å². The van der Waals surface area contributed by atoms with Crippen LogP contribution in [0.5, 0.6) is 5.75 Å². The molecule has 5 unspecified atom stereocenters. The summed E-state index contributed by atoms with van der Waals surface area (Å²) < 4.78 is 0. The van der Waals surface area contributed by atoms with E-state index in [2.05, 4.69) is 27.8 Å². The number of aromatic nitrogens is 1. The van der Waals surface area contributed by atoms with Crippen molar-refractivity contribution in [3.8, 4) is 5.75 Å². The van der Waals surface area contributed by atoms with Gasteiger partial charge in [-0.2, -0.15) is 0 Å². The highest BCUT2D eigenvalue weighted by molar-refractivity contribution is 6.06. The highest BCUT2D eigenvalue weighted by Crippen LogP contribution is 2.50. The second-order valence-electron chi connectivity index (χ2n) is 8.56. The van der Waals surface area contributed by atoms with Gasteiger partial charge in [0.2, 0.25) is 11.8 Å². The zero-order valence-electron chi connectivity index (χ0n) is 17.3. The molecule has 2 heterocycles. The van der Waals surface area contributed by atoms with Gasteiger partial charge in [0.15, 0.2) is 11.6 Å². The van der Waals surface area contributed by atoms with Crippen LogP contribution >= 0.6 is 0 Å². The van der Waals surface area contributed by atoms with E-state index in [1.807, 2.05) is 30.3 Å². The molecule has 6 rings (SSSR count). The highest BCUT2D eigenvalue weighted by Gasteiger charge is 2.58. The van der Waals surface area contributed by atoms with Crippen LogP contribution in [-0.4, -0.2) is 39.0 Å². The number of nitrogens with zero attached hydrogens (tertiary/aromatic N) is 2. The molecule has 8 nitrogen and oxygen atoms in total. The zero-order chi connectivity index (χ0) is 22.2. The van der Waals surface area contributed by atoms with E-state index in [1.165, 1.54) is 17.2 Å². The van der Waals surface area contributed by atoms with Crippen LogP contribution in [0, 0.1) is 23.7 Å². The third-order valence-electron chi connectivity index (χ3n) is 6.69. The van der Waals surface area contributed by atoms with Crippen LogP contribution in [0.1, 0.15) is 18.4 Å². The number of anilines is 1. The van der Waals surface area contributed by atoms with Crippen molar-refractivity contribution < 1.29 is 19.5 Å². The van der Waals surface area contributed by atoms with E-state index in [4.69, 9.17) is 0 Å². The molecule has 2 fully saturated rings. The first-order chi connectivity index (χ1) is 15.5. The Morgan fingerprint density at radius 3 is 2.28 bits per heavy atom. The molecule has 2 bridgehead atoms. The molecule has 32 heavy (non-hydrogen) atoms. The smallest absolute Gasteiger partial charge is 0.322 e. The zero-order valence-corrected chi connectivity index (χ0v) is 17.3.